The summed E-state index contributed by atoms with van der Waals surface area (Å²) in [7, 11) is 0. The van der Waals surface area contributed by atoms with Gasteiger partial charge in [-0.05, 0) is 24.7 Å². The summed E-state index contributed by atoms with van der Waals surface area (Å²) in [4.78, 5) is 12.4. The number of rotatable bonds is 5. The first-order valence-corrected chi connectivity index (χ1v) is 7.45. The Bertz CT molecular complexity index is 291. The average molecular weight is 270 g/mol. The molecule has 0 radical (unpaired) electrons. The Kier molecular flexibility index (Phi) is 5.81. The molecule has 1 unspecified atom stereocenters. The van der Waals surface area contributed by atoms with Crippen molar-refractivity contribution in [3.8, 4) is 0 Å². The third-order valence-electron chi connectivity index (χ3n) is 4.02. The van der Waals surface area contributed by atoms with Crippen molar-refractivity contribution in [3.05, 3.63) is 0 Å². The molecule has 0 aromatic carbocycles. The Hall–Kier alpha value is -0.610. The molecule has 0 spiro atoms. The maximum absolute atomic E-state index is 12.4. The van der Waals surface area contributed by atoms with Crippen molar-refractivity contribution in [3.63, 3.8) is 0 Å². The van der Waals surface area contributed by atoms with E-state index in [9.17, 15) is 9.90 Å². The molecule has 1 aliphatic carbocycles. The van der Waals surface area contributed by atoms with Crippen molar-refractivity contribution in [2.24, 2.45) is 17.1 Å². The minimum Gasteiger partial charge on any atom is -0.394 e. The minimum absolute atomic E-state index is 0.00775. The van der Waals surface area contributed by atoms with E-state index in [-0.39, 0.29) is 23.8 Å². The summed E-state index contributed by atoms with van der Waals surface area (Å²) in [5, 5.41) is 12.7. The van der Waals surface area contributed by atoms with Gasteiger partial charge in [-0.25, -0.2) is 0 Å². The van der Waals surface area contributed by atoms with Crippen LogP contribution in [0.1, 0.15) is 59.3 Å². The van der Waals surface area contributed by atoms with E-state index in [1.807, 2.05) is 0 Å². The van der Waals surface area contributed by atoms with E-state index in [2.05, 4.69) is 26.1 Å². The van der Waals surface area contributed by atoms with E-state index >= 15 is 0 Å². The summed E-state index contributed by atoms with van der Waals surface area (Å²) in [5.41, 5.74) is 5.43. The number of aliphatic hydroxyl groups is 1. The zero-order chi connectivity index (χ0) is 14.5. The van der Waals surface area contributed by atoms with Crippen LogP contribution in [0.5, 0.6) is 0 Å². The van der Waals surface area contributed by atoms with Crippen LogP contribution in [0.3, 0.4) is 0 Å². The van der Waals surface area contributed by atoms with Gasteiger partial charge in [-0.2, -0.15) is 0 Å². The van der Waals surface area contributed by atoms with Gasteiger partial charge in [0.25, 0.3) is 0 Å². The largest absolute Gasteiger partial charge is 0.394 e. The lowest BCUT2D eigenvalue weighted by molar-refractivity contribution is -0.128. The third-order valence-corrected chi connectivity index (χ3v) is 4.02. The summed E-state index contributed by atoms with van der Waals surface area (Å²) in [6.45, 7) is 6.75. The first-order valence-electron chi connectivity index (χ1n) is 7.45. The number of nitrogens with two attached hydrogens (primary N) is 1. The fraction of sp³-hybridized carbons (Fsp3) is 0.933. The molecule has 0 saturated heterocycles. The minimum atomic E-state index is -0.402. The highest BCUT2D eigenvalue weighted by molar-refractivity contribution is 5.79. The maximum atomic E-state index is 12.4. The van der Waals surface area contributed by atoms with Gasteiger partial charge in [-0.15, -0.1) is 0 Å². The number of hydrogen-bond donors (Lipinski definition) is 3. The molecule has 4 N–H and O–H groups in total. The Morgan fingerprint density at radius 2 is 1.89 bits per heavy atom. The van der Waals surface area contributed by atoms with Crippen LogP contribution >= 0.6 is 0 Å². The van der Waals surface area contributed by atoms with Gasteiger partial charge in [0.15, 0.2) is 0 Å². The predicted molar refractivity (Wildman–Crippen MR) is 77.7 cm³/mol. The number of carbonyl (C=O) groups is 1. The van der Waals surface area contributed by atoms with Crippen LogP contribution in [0.4, 0.5) is 0 Å². The summed E-state index contributed by atoms with van der Waals surface area (Å²) in [6, 6.07) is 0. The third kappa shape index (κ3) is 5.11. The molecule has 0 aromatic rings. The maximum Gasteiger partial charge on any atom is 0.224 e. The van der Waals surface area contributed by atoms with Crippen molar-refractivity contribution >= 4 is 5.91 Å². The highest BCUT2D eigenvalue weighted by Gasteiger charge is 2.35. The molecule has 1 amide bonds. The van der Waals surface area contributed by atoms with E-state index in [1.54, 1.807) is 0 Å². The van der Waals surface area contributed by atoms with Crippen molar-refractivity contribution in [2.75, 3.05) is 13.2 Å². The molecule has 4 nitrogen and oxygen atoms in total. The zero-order valence-electron chi connectivity index (χ0n) is 12.7. The summed E-state index contributed by atoms with van der Waals surface area (Å²) >= 11 is 0. The van der Waals surface area contributed by atoms with Crippen molar-refractivity contribution in [2.45, 2.75) is 64.8 Å². The molecule has 1 aliphatic rings. The quantitative estimate of drug-likeness (QED) is 0.713. The first kappa shape index (κ1) is 16.4. The van der Waals surface area contributed by atoms with Crippen LogP contribution < -0.4 is 11.1 Å². The topological polar surface area (TPSA) is 75.4 Å². The van der Waals surface area contributed by atoms with Gasteiger partial charge in [0.05, 0.1) is 18.1 Å². The van der Waals surface area contributed by atoms with Gasteiger partial charge in [0.1, 0.15) is 0 Å². The molecule has 1 fully saturated rings. The second-order valence-corrected chi connectivity index (χ2v) is 7.19. The van der Waals surface area contributed by atoms with E-state index < -0.39 is 5.54 Å². The molecule has 1 saturated carbocycles. The molecule has 1 atom stereocenters. The number of aliphatic hydroxyl groups excluding tert-OH is 1. The Balaban J connectivity index is 2.64. The number of nitrogens with one attached hydrogen (secondary N) is 1. The standard InChI is InChI=1S/C15H30N2O2/c1-14(2,3)9-12(10-16)13(19)17-15(11-18)7-5-4-6-8-15/h12,18H,4-11,16H2,1-3H3,(H,17,19). The van der Waals surface area contributed by atoms with Crippen LogP contribution in [0.25, 0.3) is 0 Å². The molecule has 1 rings (SSSR count). The lowest BCUT2D eigenvalue weighted by Crippen LogP contribution is -2.55. The normalized spacial score (nSPS) is 20.9. The second-order valence-electron chi connectivity index (χ2n) is 7.19. The Morgan fingerprint density at radius 1 is 1.32 bits per heavy atom. The number of amides is 1. The average Bonchev–Trinajstić information content (AvgIpc) is 2.36. The van der Waals surface area contributed by atoms with Crippen LogP contribution in [-0.4, -0.2) is 29.7 Å². The van der Waals surface area contributed by atoms with E-state index in [0.717, 1.165) is 32.1 Å². The van der Waals surface area contributed by atoms with E-state index in [1.165, 1.54) is 6.42 Å². The van der Waals surface area contributed by atoms with Gasteiger partial charge in [-0.3, -0.25) is 4.79 Å². The monoisotopic (exact) mass is 270 g/mol. The molecular weight excluding hydrogens is 240 g/mol. The van der Waals surface area contributed by atoms with Crippen LogP contribution in [0, 0.1) is 11.3 Å². The molecule has 0 aliphatic heterocycles. The lowest BCUT2D eigenvalue weighted by Gasteiger charge is -2.38. The summed E-state index contributed by atoms with van der Waals surface area (Å²) < 4.78 is 0. The van der Waals surface area contributed by atoms with Gasteiger partial charge < -0.3 is 16.2 Å². The summed E-state index contributed by atoms with van der Waals surface area (Å²) in [5.74, 6) is -0.154. The molecule has 0 aromatic heterocycles. The Morgan fingerprint density at radius 3 is 2.32 bits per heavy atom. The van der Waals surface area contributed by atoms with Gasteiger partial charge in [-0.1, -0.05) is 40.0 Å². The zero-order valence-corrected chi connectivity index (χ0v) is 12.7. The first-order chi connectivity index (χ1) is 8.82. The Labute approximate surface area is 117 Å². The smallest absolute Gasteiger partial charge is 0.224 e. The molecule has 0 heterocycles. The van der Waals surface area contributed by atoms with Crippen molar-refractivity contribution in [1.29, 1.82) is 0 Å². The molecular formula is C15H30N2O2. The van der Waals surface area contributed by atoms with Crippen molar-refractivity contribution in [1.82, 2.24) is 5.32 Å². The van der Waals surface area contributed by atoms with Crippen molar-refractivity contribution < 1.29 is 9.90 Å². The second kappa shape index (κ2) is 6.71. The SMILES string of the molecule is CC(C)(C)CC(CN)C(=O)NC1(CO)CCCCC1. The lowest BCUT2D eigenvalue weighted by atomic mass is 9.80. The molecule has 112 valence electrons. The number of hydrogen-bond acceptors (Lipinski definition) is 3. The van der Waals surface area contributed by atoms with Crippen LogP contribution in [-0.2, 0) is 4.79 Å². The predicted octanol–water partition coefficient (Wildman–Crippen LogP) is 1.81. The van der Waals surface area contributed by atoms with E-state index in [0.29, 0.717) is 6.54 Å². The molecule has 19 heavy (non-hydrogen) atoms. The van der Waals surface area contributed by atoms with Gasteiger partial charge in [0.2, 0.25) is 5.91 Å². The van der Waals surface area contributed by atoms with Gasteiger partial charge >= 0.3 is 0 Å². The van der Waals surface area contributed by atoms with Gasteiger partial charge in [0, 0.05) is 6.54 Å². The fourth-order valence-electron chi connectivity index (χ4n) is 2.94. The molecule has 4 heteroatoms. The highest BCUT2D eigenvalue weighted by atomic mass is 16.3. The fourth-order valence-corrected chi connectivity index (χ4v) is 2.94. The number of carbonyl (C=O) groups excluding carboxylic acids is 1. The molecule has 0 bridgehead atoms. The van der Waals surface area contributed by atoms with Crippen LogP contribution in [0.2, 0.25) is 0 Å². The summed E-state index contributed by atoms with van der Waals surface area (Å²) in [6.07, 6.45) is 5.88. The highest BCUT2D eigenvalue weighted by Crippen LogP contribution is 2.29. The van der Waals surface area contributed by atoms with E-state index in [4.69, 9.17) is 5.73 Å². The van der Waals surface area contributed by atoms with Crippen LogP contribution in [0.15, 0.2) is 0 Å².